The van der Waals surface area contributed by atoms with E-state index in [1.807, 2.05) is 18.7 Å². The summed E-state index contributed by atoms with van der Waals surface area (Å²) >= 11 is 0. The fourth-order valence-corrected chi connectivity index (χ4v) is 2.27. The summed E-state index contributed by atoms with van der Waals surface area (Å²) in [5, 5.41) is 15.5. The second-order valence-corrected chi connectivity index (χ2v) is 4.68. The second kappa shape index (κ2) is 5.40. The lowest BCUT2D eigenvalue weighted by molar-refractivity contribution is -0.143. The van der Waals surface area contributed by atoms with Gasteiger partial charge in [-0.05, 0) is 13.8 Å². The average Bonchev–Trinajstić information content (AvgIpc) is 2.65. The van der Waals surface area contributed by atoms with Gasteiger partial charge >= 0.3 is 5.97 Å². The lowest BCUT2D eigenvalue weighted by Gasteiger charge is -2.34. The number of aryl methyl sites for hydroxylation is 2. The summed E-state index contributed by atoms with van der Waals surface area (Å²) < 4.78 is 5.09. The van der Waals surface area contributed by atoms with Gasteiger partial charge < -0.3 is 14.9 Å². The van der Waals surface area contributed by atoms with Gasteiger partial charge in [-0.3, -0.25) is 14.5 Å². The first-order chi connectivity index (χ1) is 8.99. The molecule has 2 rings (SSSR count). The zero-order valence-electron chi connectivity index (χ0n) is 11.0. The molecule has 1 amide bonds. The van der Waals surface area contributed by atoms with Crippen LogP contribution in [0.2, 0.25) is 0 Å². The van der Waals surface area contributed by atoms with E-state index in [4.69, 9.17) is 9.63 Å². The quantitative estimate of drug-likeness (QED) is 0.801. The average molecular weight is 267 g/mol. The number of aliphatic carboxylic acids is 1. The number of piperazine rings is 1. The Kier molecular flexibility index (Phi) is 3.84. The number of nitrogens with one attached hydrogen (secondary N) is 1. The molecular formula is C12H17N3O4. The summed E-state index contributed by atoms with van der Waals surface area (Å²) in [5.74, 6) is -0.510. The van der Waals surface area contributed by atoms with Gasteiger partial charge in [-0.2, -0.15) is 0 Å². The fraction of sp³-hybridized carbons (Fsp3) is 0.583. The Bertz CT molecular complexity index is 478. The summed E-state index contributed by atoms with van der Waals surface area (Å²) in [6.07, 6.45) is -0.199. The summed E-state index contributed by atoms with van der Waals surface area (Å²) in [6, 6.07) is -0.639. The number of carbonyl (C=O) groups excluding carboxylic acids is 1. The first-order valence-corrected chi connectivity index (χ1v) is 6.14. The fourth-order valence-electron chi connectivity index (χ4n) is 2.27. The van der Waals surface area contributed by atoms with Crippen LogP contribution in [0.4, 0.5) is 0 Å². The zero-order chi connectivity index (χ0) is 14.0. The van der Waals surface area contributed by atoms with E-state index < -0.39 is 12.0 Å². The topological polar surface area (TPSA) is 95.7 Å². The predicted octanol–water partition coefficient (Wildman–Crippen LogP) is 0.0665. The molecule has 1 aliphatic rings. The molecular weight excluding hydrogens is 250 g/mol. The van der Waals surface area contributed by atoms with Gasteiger partial charge in [0, 0.05) is 25.2 Å². The van der Waals surface area contributed by atoms with E-state index in [1.165, 1.54) is 0 Å². The van der Waals surface area contributed by atoms with Crippen molar-refractivity contribution >= 4 is 11.9 Å². The van der Waals surface area contributed by atoms with Crippen molar-refractivity contribution in [3.05, 3.63) is 17.0 Å². The van der Waals surface area contributed by atoms with E-state index in [9.17, 15) is 9.59 Å². The molecule has 7 heteroatoms. The number of hydrogen-bond donors (Lipinski definition) is 2. The minimum Gasteiger partial charge on any atom is -0.481 e. The molecule has 1 aromatic heterocycles. The van der Waals surface area contributed by atoms with Crippen LogP contribution >= 0.6 is 0 Å². The lowest BCUT2D eigenvalue weighted by atomic mass is 10.1. The summed E-state index contributed by atoms with van der Waals surface area (Å²) in [7, 11) is 0. The van der Waals surface area contributed by atoms with Crippen LogP contribution in [0.5, 0.6) is 0 Å². The molecule has 2 N–H and O–H groups in total. The van der Waals surface area contributed by atoms with Crippen molar-refractivity contribution in [2.24, 2.45) is 0 Å². The molecule has 19 heavy (non-hydrogen) atoms. The maximum atomic E-state index is 11.8. The Morgan fingerprint density at radius 2 is 2.32 bits per heavy atom. The minimum atomic E-state index is -0.981. The number of amides is 1. The van der Waals surface area contributed by atoms with Crippen LogP contribution in [-0.4, -0.2) is 46.2 Å². The number of rotatable bonds is 4. The number of nitrogens with zero attached hydrogens (tertiary/aromatic N) is 2. The van der Waals surface area contributed by atoms with Gasteiger partial charge in [0.25, 0.3) is 0 Å². The third kappa shape index (κ3) is 2.93. The lowest BCUT2D eigenvalue weighted by Crippen LogP contribution is -2.55. The van der Waals surface area contributed by atoms with E-state index in [0.29, 0.717) is 25.4 Å². The van der Waals surface area contributed by atoms with Gasteiger partial charge in [-0.15, -0.1) is 0 Å². The summed E-state index contributed by atoms with van der Waals surface area (Å²) in [4.78, 5) is 24.5. The van der Waals surface area contributed by atoms with Gasteiger partial charge in [-0.25, -0.2) is 0 Å². The van der Waals surface area contributed by atoms with Crippen LogP contribution in [0.3, 0.4) is 0 Å². The molecule has 1 aliphatic heterocycles. The maximum absolute atomic E-state index is 11.8. The van der Waals surface area contributed by atoms with Gasteiger partial charge in [-0.1, -0.05) is 5.16 Å². The van der Waals surface area contributed by atoms with Crippen LogP contribution < -0.4 is 5.32 Å². The Morgan fingerprint density at radius 1 is 1.58 bits per heavy atom. The highest BCUT2D eigenvalue weighted by Gasteiger charge is 2.32. The number of aromatic nitrogens is 1. The molecule has 1 aromatic rings. The molecule has 0 radical (unpaired) electrons. The Labute approximate surface area is 110 Å². The van der Waals surface area contributed by atoms with Crippen molar-refractivity contribution in [3.63, 3.8) is 0 Å². The first-order valence-electron chi connectivity index (χ1n) is 6.14. The SMILES string of the molecule is Cc1noc(C)c1CN1CCNC(=O)C1CC(=O)O. The highest BCUT2D eigenvalue weighted by Crippen LogP contribution is 2.19. The number of carboxylic acids is 1. The van der Waals surface area contributed by atoms with Crippen molar-refractivity contribution in [2.45, 2.75) is 32.9 Å². The molecule has 0 spiro atoms. The van der Waals surface area contributed by atoms with Gasteiger partial charge in [0.05, 0.1) is 12.1 Å². The Morgan fingerprint density at radius 3 is 2.89 bits per heavy atom. The van der Waals surface area contributed by atoms with Crippen LogP contribution in [0, 0.1) is 13.8 Å². The van der Waals surface area contributed by atoms with Gasteiger partial charge in [0.2, 0.25) is 5.91 Å². The van der Waals surface area contributed by atoms with Crippen LogP contribution in [0.1, 0.15) is 23.4 Å². The normalized spacial score (nSPS) is 20.3. The van der Waals surface area contributed by atoms with E-state index >= 15 is 0 Å². The molecule has 0 bridgehead atoms. The van der Waals surface area contributed by atoms with E-state index in [2.05, 4.69) is 10.5 Å². The van der Waals surface area contributed by atoms with Crippen molar-refractivity contribution in [1.82, 2.24) is 15.4 Å². The largest absolute Gasteiger partial charge is 0.481 e. The molecule has 2 heterocycles. The number of hydrogen-bond acceptors (Lipinski definition) is 5. The predicted molar refractivity (Wildman–Crippen MR) is 65.4 cm³/mol. The summed E-state index contributed by atoms with van der Waals surface area (Å²) in [5.41, 5.74) is 1.70. The molecule has 104 valence electrons. The van der Waals surface area contributed by atoms with Crippen molar-refractivity contribution in [3.8, 4) is 0 Å². The van der Waals surface area contributed by atoms with E-state index in [-0.39, 0.29) is 12.3 Å². The van der Waals surface area contributed by atoms with Crippen LogP contribution in [0.25, 0.3) is 0 Å². The van der Waals surface area contributed by atoms with Crippen molar-refractivity contribution < 1.29 is 19.2 Å². The maximum Gasteiger partial charge on any atom is 0.305 e. The minimum absolute atomic E-state index is 0.199. The molecule has 1 atom stereocenters. The molecule has 1 fully saturated rings. The second-order valence-electron chi connectivity index (χ2n) is 4.68. The molecule has 0 aliphatic carbocycles. The standard InChI is InChI=1S/C12H17N3O4/c1-7-9(8(2)19-14-7)6-15-4-3-13-12(18)10(15)5-11(16)17/h10H,3-6H2,1-2H3,(H,13,18)(H,16,17). The smallest absolute Gasteiger partial charge is 0.305 e. The van der Waals surface area contributed by atoms with Crippen molar-refractivity contribution in [1.29, 1.82) is 0 Å². The first kappa shape index (κ1) is 13.5. The van der Waals surface area contributed by atoms with Crippen LogP contribution in [0.15, 0.2) is 4.52 Å². The molecule has 7 nitrogen and oxygen atoms in total. The molecule has 0 saturated carbocycles. The van der Waals surface area contributed by atoms with E-state index in [1.54, 1.807) is 0 Å². The van der Waals surface area contributed by atoms with Gasteiger partial charge in [0.1, 0.15) is 11.8 Å². The van der Waals surface area contributed by atoms with E-state index in [0.717, 1.165) is 11.3 Å². The van der Waals surface area contributed by atoms with Crippen LogP contribution in [-0.2, 0) is 16.1 Å². The summed E-state index contributed by atoms with van der Waals surface area (Å²) in [6.45, 7) is 5.27. The zero-order valence-corrected chi connectivity index (χ0v) is 11.0. The number of carboxylic acid groups (broad SMARTS) is 1. The third-order valence-electron chi connectivity index (χ3n) is 3.35. The van der Waals surface area contributed by atoms with Gasteiger partial charge in [0.15, 0.2) is 0 Å². The number of carbonyl (C=O) groups is 2. The third-order valence-corrected chi connectivity index (χ3v) is 3.35. The highest BCUT2D eigenvalue weighted by atomic mass is 16.5. The van der Waals surface area contributed by atoms with Crippen molar-refractivity contribution in [2.75, 3.05) is 13.1 Å². The Hall–Kier alpha value is -1.89. The monoisotopic (exact) mass is 267 g/mol. The molecule has 1 unspecified atom stereocenters. The Balaban J connectivity index is 2.16. The molecule has 0 aromatic carbocycles. The highest BCUT2D eigenvalue weighted by molar-refractivity contribution is 5.86. The molecule has 1 saturated heterocycles.